The van der Waals surface area contributed by atoms with E-state index >= 15 is 0 Å². The van der Waals surface area contributed by atoms with Crippen LogP contribution >= 0.6 is 0 Å². The van der Waals surface area contributed by atoms with E-state index in [9.17, 15) is 18.0 Å². The molecule has 4 heterocycles. The Balaban J connectivity index is 1.74. The molecule has 1 amide bonds. The van der Waals surface area contributed by atoms with Crippen molar-refractivity contribution < 1.29 is 22.7 Å². The molecule has 1 unspecified atom stereocenters. The predicted molar refractivity (Wildman–Crippen MR) is 131 cm³/mol. The van der Waals surface area contributed by atoms with Gasteiger partial charge in [0.15, 0.2) is 5.65 Å². The predicted octanol–water partition coefficient (Wildman–Crippen LogP) is 5.31. The minimum Gasteiger partial charge on any atom is -0.444 e. The fourth-order valence-electron chi connectivity index (χ4n) is 4.34. The highest BCUT2D eigenvalue weighted by Gasteiger charge is 2.36. The van der Waals surface area contributed by atoms with Gasteiger partial charge in [-0.05, 0) is 46.8 Å². The molecule has 3 aromatic heterocycles. The van der Waals surface area contributed by atoms with E-state index in [-0.39, 0.29) is 24.0 Å². The number of fused-ring (bicyclic) bond motifs is 1. The summed E-state index contributed by atoms with van der Waals surface area (Å²) in [7, 11) is 0. The second-order valence-corrected chi connectivity index (χ2v) is 9.94. The summed E-state index contributed by atoms with van der Waals surface area (Å²) >= 11 is 0. The number of carbonyl (C=O) groups excluding carboxylic acids is 1. The molecule has 192 valence electrons. The number of piperazine rings is 1. The monoisotopic (exact) mass is 502 g/mol. The van der Waals surface area contributed by atoms with Gasteiger partial charge in [0, 0.05) is 43.1 Å². The van der Waals surface area contributed by atoms with Crippen molar-refractivity contribution in [3.05, 3.63) is 48.6 Å². The van der Waals surface area contributed by atoms with Crippen molar-refractivity contribution in [3.63, 3.8) is 0 Å². The smallest absolute Gasteiger partial charge is 0.416 e. The van der Waals surface area contributed by atoms with Crippen molar-refractivity contribution in [1.29, 1.82) is 0 Å². The molecule has 0 spiro atoms. The van der Waals surface area contributed by atoms with Crippen LogP contribution < -0.4 is 4.90 Å². The molecule has 3 aromatic rings. The standard InChI is InChI=1S/C25H29F3N6O2/c1-7-17-13-34(19-10-18(8-9-29-19)25(26,27)28)22-20(17)21(30-14-31-22)32-11-16(3)33(12-15(32)2)23(35)36-24(4,5)6/h7-10,13-16H,1,11-12H2,2-6H3/t15?,16-/m0/s1. The van der Waals surface area contributed by atoms with Gasteiger partial charge in [-0.25, -0.2) is 19.7 Å². The van der Waals surface area contributed by atoms with E-state index in [4.69, 9.17) is 4.74 Å². The molecule has 1 aliphatic rings. The highest BCUT2D eigenvalue weighted by Crippen LogP contribution is 2.35. The van der Waals surface area contributed by atoms with Crippen LogP contribution in [0, 0.1) is 0 Å². The summed E-state index contributed by atoms with van der Waals surface area (Å²) in [6.07, 6.45) is 0.906. The number of carbonyl (C=O) groups is 1. The fraction of sp³-hybridized carbons (Fsp3) is 0.440. The van der Waals surface area contributed by atoms with Crippen LogP contribution in [0.15, 0.2) is 37.4 Å². The lowest BCUT2D eigenvalue weighted by Gasteiger charge is -2.44. The molecule has 1 saturated heterocycles. The van der Waals surface area contributed by atoms with Gasteiger partial charge in [-0.1, -0.05) is 12.7 Å². The Morgan fingerprint density at radius 2 is 1.86 bits per heavy atom. The van der Waals surface area contributed by atoms with Crippen LogP contribution in [-0.2, 0) is 10.9 Å². The van der Waals surface area contributed by atoms with Gasteiger partial charge < -0.3 is 14.5 Å². The van der Waals surface area contributed by atoms with Gasteiger partial charge in [0.25, 0.3) is 0 Å². The summed E-state index contributed by atoms with van der Waals surface area (Å²) in [6, 6.07) is 1.63. The van der Waals surface area contributed by atoms with Crippen LogP contribution in [-0.4, -0.2) is 61.3 Å². The van der Waals surface area contributed by atoms with E-state index < -0.39 is 17.3 Å². The first-order valence-electron chi connectivity index (χ1n) is 11.6. The van der Waals surface area contributed by atoms with Gasteiger partial charge in [0.1, 0.15) is 23.6 Å². The van der Waals surface area contributed by atoms with E-state index in [1.54, 1.807) is 17.2 Å². The van der Waals surface area contributed by atoms with Crippen molar-refractivity contribution in [2.45, 2.75) is 58.5 Å². The second-order valence-electron chi connectivity index (χ2n) is 9.94. The zero-order valence-corrected chi connectivity index (χ0v) is 20.9. The SMILES string of the molecule is C=Cc1cn(-c2cc(C(F)(F)F)ccn2)c2ncnc(N3C[C@H](C)N(C(=O)OC(C)(C)C)CC3C)c12. The van der Waals surface area contributed by atoms with Gasteiger partial charge in [-0.3, -0.25) is 4.57 Å². The molecule has 0 aromatic carbocycles. The lowest BCUT2D eigenvalue weighted by atomic mass is 10.1. The Hall–Kier alpha value is -3.63. The Labute approximate surface area is 207 Å². The highest BCUT2D eigenvalue weighted by molar-refractivity contribution is 5.96. The quantitative estimate of drug-likeness (QED) is 0.483. The largest absolute Gasteiger partial charge is 0.444 e. The summed E-state index contributed by atoms with van der Waals surface area (Å²) in [5.41, 5.74) is -0.329. The third-order valence-corrected chi connectivity index (χ3v) is 6.02. The van der Waals surface area contributed by atoms with E-state index in [1.807, 2.05) is 34.6 Å². The van der Waals surface area contributed by atoms with Crippen LogP contribution in [0.4, 0.5) is 23.8 Å². The van der Waals surface area contributed by atoms with Gasteiger partial charge in [-0.15, -0.1) is 0 Å². The maximum Gasteiger partial charge on any atom is 0.416 e. The number of aromatic nitrogens is 4. The number of rotatable bonds is 3. The molecular weight excluding hydrogens is 473 g/mol. The van der Waals surface area contributed by atoms with Crippen molar-refractivity contribution in [2.24, 2.45) is 0 Å². The summed E-state index contributed by atoms with van der Waals surface area (Å²) in [5.74, 6) is 0.701. The topological polar surface area (TPSA) is 76.4 Å². The molecular formula is C25H29F3N6O2. The van der Waals surface area contributed by atoms with E-state index in [0.717, 1.165) is 18.3 Å². The van der Waals surface area contributed by atoms with Crippen molar-refractivity contribution in [2.75, 3.05) is 18.0 Å². The normalized spacial score (nSPS) is 19.0. The molecule has 0 bridgehead atoms. The summed E-state index contributed by atoms with van der Waals surface area (Å²) in [5, 5.41) is 0.650. The number of hydrogen-bond donors (Lipinski definition) is 0. The van der Waals surface area contributed by atoms with Crippen molar-refractivity contribution >= 4 is 29.0 Å². The molecule has 8 nitrogen and oxygen atoms in total. The summed E-state index contributed by atoms with van der Waals surface area (Å²) < 4.78 is 47.0. The third kappa shape index (κ3) is 4.87. The average Bonchev–Trinajstić information content (AvgIpc) is 3.18. The van der Waals surface area contributed by atoms with Crippen LogP contribution in [0.1, 0.15) is 45.7 Å². The van der Waals surface area contributed by atoms with Crippen molar-refractivity contribution in [1.82, 2.24) is 24.4 Å². The molecule has 11 heteroatoms. The van der Waals surface area contributed by atoms with Crippen LogP contribution in [0.5, 0.6) is 0 Å². The van der Waals surface area contributed by atoms with Gasteiger partial charge >= 0.3 is 12.3 Å². The molecule has 2 atom stereocenters. The molecule has 4 rings (SSSR count). The third-order valence-electron chi connectivity index (χ3n) is 6.02. The number of ether oxygens (including phenoxy) is 1. The lowest BCUT2D eigenvalue weighted by Crippen LogP contribution is -2.59. The Kier molecular flexibility index (Phi) is 6.44. The van der Waals surface area contributed by atoms with Gasteiger partial charge in [0.05, 0.1) is 10.9 Å². The molecule has 36 heavy (non-hydrogen) atoms. The number of anilines is 1. The van der Waals surface area contributed by atoms with Gasteiger partial charge in [-0.2, -0.15) is 13.2 Å². The Bertz CT molecular complexity index is 1300. The first-order chi connectivity index (χ1) is 16.8. The van der Waals surface area contributed by atoms with E-state index in [2.05, 4.69) is 26.4 Å². The number of hydrogen-bond acceptors (Lipinski definition) is 6. The molecule has 0 radical (unpaired) electrons. The number of alkyl halides is 3. The number of pyridine rings is 1. The van der Waals surface area contributed by atoms with E-state index in [1.165, 1.54) is 10.9 Å². The number of nitrogens with zero attached hydrogens (tertiary/aromatic N) is 6. The minimum absolute atomic E-state index is 0.0868. The molecule has 1 aliphatic heterocycles. The van der Waals surface area contributed by atoms with Crippen molar-refractivity contribution in [3.8, 4) is 5.82 Å². The molecule has 0 aliphatic carbocycles. The average molecular weight is 503 g/mol. The van der Waals surface area contributed by atoms with E-state index in [0.29, 0.717) is 35.5 Å². The number of halogens is 3. The summed E-state index contributed by atoms with van der Waals surface area (Å²) in [4.78, 5) is 29.6. The fourth-order valence-corrected chi connectivity index (χ4v) is 4.34. The zero-order chi connectivity index (χ0) is 26.4. The molecule has 0 saturated carbocycles. The maximum atomic E-state index is 13.3. The second kappa shape index (κ2) is 9.11. The lowest BCUT2D eigenvalue weighted by molar-refractivity contribution is -0.137. The first-order valence-corrected chi connectivity index (χ1v) is 11.6. The molecule has 1 fully saturated rings. The Morgan fingerprint density at radius 1 is 1.14 bits per heavy atom. The first kappa shape index (κ1) is 25.5. The summed E-state index contributed by atoms with van der Waals surface area (Å²) in [6.45, 7) is 14.2. The van der Waals surface area contributed by atoms with Crippen LogP contribution in [0.3, 0.4) is 0 Å². The highest BCUT2D eigenvalue weighted by atomic mass is 19.4. The van der Waals surface area contributed by atoms with Gasteiger partial charge in [0.2, 0.25) is 0 Å². The maximum absolute atomic E-state index is 13.3. The Morgan fingerprint density at radius 3 is 2.50 bits per heavy atom. The van der Waals surface area contributed by atoms with Crippen LogP contribution in [0.2, 0.25) is 0 Å². The zero-order valence-electron chi connectivity index (χ0n) is 20.9. The molecule has 0 N–H and O–H groups in total. The minimum atomic E-state index is -4.50. The van der Waals surface area contributed by atoms with Crippen LogP contribution in [0.25, 0.3) is 22.9 Å². The number of amides is 1.